The van der Waals surface area contributed by atoms with Crippen LogP contribution in [0.5, 0.6) is 0 Å². The van der Waals surface area contributed by atoms with Crippen molar-refractivity contribution in [3.8, 4) is 0 Å². The average molecular weight is 170 g/mol. The van der Waals surface area contributed by atoms with E-state index in [1.807, 2.05) is 6.92 Å². The van der Waals surface area contributed by atoms with Crippen LogP contribution in [0.3, 0.4) is 0 Å². The molecule has 0 saturated heterocycles. The Morgan fingerprint density at radius 3 is 2.33 bits per heavy atom. The second kappa shape index (κ2) is 3.60. The molecular weight excluding hydrogens is 156 g/mol. The summed E-state index contributed by atoms with van der Waals surface area (Å²) in [6.07, 6.45) is 1.30. The van der Waals surface area contributed by atoms with E-state index in [0.717, 1.165) is 6.42 Å². The highest BCUT2D eigenvalue weighted by Gasteiger charge is 2.09. The molecule has 1 unspecified atom stereocenters. The summed E-state index contributed by atoms with van der Waals surface area (Å²) in [6.45, 7) is 1.12. The first-order valence-corrected chi connectivity index (χ1v) is 6.18. The van der Waals surface area contributed by atoms with Crippen LogP contribution in [0.1, 0.15) is 13.3 Å². The van der Waals surface area contributed by atoms with E-state index >= 15 is 0 Å². The van der Waals surface area contributed by atoms with E-state index in [4.69, 9.17) is 17.0 Å². The van der Waals surface area contributed by atoms with E-state index in [2.05, 4.69) is 0 Å². The molecule has 2 N–H and O–H groups in total. The van der Waals surface area contributed by atoms with Crippen molar-refractivity contribution in [1.82, 2.24) is 0 Å². The molecule has 0 bridgehead atoms. The zero-order chi connectivity index (χ0) is 7.49. The van der Waals surface area contributed by atoms with Crippen molar-refractivity contribution < 1.29 is 4.57 Å². The maximum Gasteiger partial charge on any atom is 0.166 e. The number of nitrogens with two attached hydrogens (primary N) is 1. The van der Waals surface area contributed by atoms with Gasteiger partial charge in [-0.1, -0.05) is 11.2 Å². The lowest BCUT2D eigenvalue weighted by molar-refractivity contribution is 0.582. The molecule has 0 saturated carbocycles. The Bertz CT molecular complexity index is 120. The molecular formula is C5H13ClNOP. The Morgan fingerprint density at radius 1 is 1.78 bits per heavy atom. The normalized spacial score (nSPS) is 20.9. The highest BCUT2D eigenvalue weighted by molar-refractivity contribution is 7.88. The standard InChI is InChI=1S/C5H13ClNOP/c1-5(7)3-4-9(2,6)8/h5H,3-4,7H2,1-2H3/t5-,9?/m1/s1. The first-order valence-electron chi connectivity index (χ1n) is 2.93. The molecule has 4 heteroatoms. The molecule has 0 heterocycles. The van der Waals surface area contributed by atoms with Gasteiger partial charge in [0, 0.05) is 18.9 Å². The van der Waals surface area contributed by atoms with Gasteiger partial charge in [-0.15, -0.1) is 0 Å². The van der Waals surface area contributed by atoms with E-state index in [1.165, 1.54) is 0 Å². The summed E-state index contributed by atoms with van der Waals surface area (Å²) in [4.78, 5) is 0. The van der Waals surface area contributed by atoms with Gasteiger partial charge in [-0.2, -0.15) is 0 Å². The number of rotatable bonds is 3. The maximum absolute atomic E-state index is 10.8. The van der Waals surface area contributed by atoms with Crippen LogP contribution >= 0.6 is 17.7 Å². The zero-order valence-electron chi connectivity index (χ0n) is 5.80. The van der Waals surface area contributed by atoms with Crippen LogP contribution in [0.2, 0.25) is 0 Å². The summed E-state index contributed by atoms with van der Waals surface area (Å²) >= 11 is 5.48. The molecule has 0 radical (unpaired) electrons. The van der Waals surface area contributed by atoms with Crippen molar-refractivity contribution in [3.63, 3.8) is 0 Å². The Hall–Kier alpha value is 0.480. The minimum Gasteiger partial charge on any atom is -0.328 e. The van der Waals surface area contributed by atoms with E-state index in [9.17, 15) is 4.57 Å². The third kappa shape index (κ3) is 8.48. The third-order valence-electron chi connectivity index (χ3n) is 0.984. The summed E-state index contributed by atoms with van der Waals surface area (Å²) in [6, 6.07) is 0.108. The second-order valence-electron chi connectivity index (χ2n) is 2.48. The van der Waals surface area contributed by atoms with Gasteiger partial charge >= 0.3 is 0 Å². The Morgan fingerprint density at radius 2 is 2.22 bits per heavy atom. The molecule has 56 valence electrons. The van der Waals surface area contributed by atoms with Crippen LogP contribution in [-0.2, 0) is 4.57 Å². The van der Waals surface area contributed by atoms with Crippen LogP contribution in [0.4, 0.5) is 0 Å². The third-order valence-corrected chi connectivity index (χ3v) is 2.55. The number of hydrogen-bond acceptors (Lipinski definition) is 2. The van der Waals surface area contributed by atoms with Gasteiger partial charge < -0.3 is 10.3 Å². The van der Waals surface area contributed by atoms with Crippen LogP contribution in [0.15, 0.2) is 0 Å². The molecule has 0 rings (SSSR count). The Labute approximate surface area is 60.9 Å². The summed E-state index contributed by atoms with van der Waals surface area (Å²) < 4.78 is 10.8. The van der Waals surface area contributed by atoms with Crippen molar-refractivity contribution in [3.05, 3.63) is 0 Å². The SMILES string of the molecule is C[C@@H](N)CCP(C)(=O)Cl. The molecule has 0 spiro atoms. The molecule has 9 heavy (non-hydrogen) atoms. The van der Waals surface area contributed by atoms with Gasteiger partial charge in [-0.05, 0) is 13.3 Å². The fourth-order valence-corrected chi connectivity index (χ4v) is 1.60. The fourth-order valence-electron chi connectivity index (χ4n) is 0.434. The van der Waals surface area contributed by atoms with Crippen LogP contribution in [0.25, 0.3) is 0 Å². The minimum absolute atomic E-state index is 0.108. The summed E-state index contributed by atoms with van der Waals surface area (Å²) in [5, 5.41) is 0. The minimum atomic E-state index is -2.33. The van der Waals surface area contributed by atoms with Gasteiger partial charge in [0.15, 0.2) is 6.49 Å². The Balaban J connectivity index is 3.40. The molecule has 0 fully saturated rings. The van der Waals surface area contributed by atoms with Crippen molar-refractivity contribution in [1.29, 1.82) is 0 Å². The number of hydrogen-bond donors (Lipinski definition) is 1. The first kappa shape index (κ1) is 9.48. The van der Waals surface area contributed by atoms with Crippen molar-refractivity contribution in [2.24, 2.45) is 5.73 Å². The summed E-state index contributed by atoms with van der Waals surface area (Å²) in [5.41, 5.74) is 5.42. The van der Waals surface area contributed by atoms with Gasteiger partial charge in [0.1, 0.15) is 0 Å². The van der Waals surface area contributed by atoms with E-state index in [1.54, 1.807) is 6.66 Å². The monoisotopic (exact) mass is 169 g/mol. The van der Waals surface area contributed by atoms with Crippen LogP contribution in [0, 0.1) is 0 Å². The quantitative estimate of drug-likeness (QED) is 0.656. The van der Waals surface area contributed by atoms with Crippen molar-refractivity contribution >= 4 is 17.7 Å². The fraction of sp³-hybridized carbons (Fsp3) is 1.00. The molecule has 0 aromatic carbocycles. The van der Waals surface area contributed by atoms with Crippen molar-refractivity contribution in [2.45, 2.75) is 19.4 Å². The number of halogens is 1. The predicted molar refractivity (Wildman–Crippen MR) is 42.5 cm³/mol. The van der Waals surface area contributed by atoms with Gasteiger partial charge in [0.25, 0.3) is 0 Å². The predicted octanol–water partition coefficient (Wildman–Crippen LogP) is 1.87. The van der Waals surface area contributed by atoms with Crippen LogP contribution in [-0.4, -0.2) is 18.9 Å². The van der Waals surface area contributed by atoms with Crippen LogP contribution < -0.4 is 5.73 Å². The maximum atomic E-state index is 10.8. The Kier molecular flexibility index (Phi) is 3.79. The van der Waals surface area contributed by atoms with Gasteiger partial charge in [-0.3, -0.25) is 0 Å². The molecule has 0 aliphatic heterocycles. The highest BCUT2D eigenvalue weighted by Crippen LogP contribution is 2.47. The lowest BCUT2D eigenvalue weighted by atomic mass is 10.3. The molecule has 0 aromatic rings. The topological polar surface area (TPSA) is 43.1 Å². The van der Waals surface area contributed by atoms with E-state index in [0.29, 0.717) is 6.16 Å². The molecule has 0 aliphatic rings. The zero-order valence-corrected chi connectivity index (χ0v) is 7.45. The molecule has 2 nitrogen and oxygen atoms in total. The first-order chi connectivity index (χ1) is 3.92. The lowest BCUT2D eigenvalue weighted by Crippen LogP contribution is -2.15. The summed E-state index contributed by atoms with van der Waals surface area (Å²) in [5.74, 6) is 0. The van der Waals surface area contributed by atoms with Gasteiger partial charge in [0.05, 0.1) is 0 Å². The van der Waals surface area contributed by atoms with E-state index < -0.39 is 6.49 Å². The second-order valence-corrected chi connectivity index (χ2v) is 7.04. The van der Waals surface area contributed by atoms with Gasteiger partial charge in [0.2, 0.25) is 0 Å². The molecule has 0 aliphatic carbocycles. The van der Waals surface area contributed by atoms with Gasteiger partial charge in [-0.25, -0.2) is 0 Å². The highest BCUT2D eigenvalue weighted by atomic mass is 35.7. The smallest absolute Gasteiger partial charge is 0.166 e. The average Bonchev–Trinajstić information content (AvgIpc) is 1.59. The van der Waals surface area contributed by atoms with Crippen molar-refractivity contribution in [2.75, 3.05) is 12.8 Å². The molecule has 0 aromatic heterocycles. The molecule has 0 amide bonds. The molecule has 2 atom stereocenters. The summed E-state index contributed by atoms with van der Waals surface area (Å²) in [7, 11) is 0. The lowest BCUT2D eigenvalue weighted by Gasteiger charge is -2.05. The largest absolute Gasteiger partial charge is 0.328 e. The van der Waals surface area contributed by atoms with E-state index in [-0.39, 0.29) is 6.04 Å².